The number of hydrogen-bond acceptors (Lipinski definition) is 2. The minimum atomic E-state index is 0.179. The maximum atomic E-state index is 12.2. The molecule has 4 heteroatoms. The van der Waals surface area contributed by atoms with Crippen molar-refractivity contribution in [1.82, 2.24) is 4.90 Å². The Morgan fingerprint density at radius 1 is 1.53 bits per heavy atom. The van der Waals surface area contributed by atoms with Crippen molar-refractivity contribution in [2.24, 2.45) is 11.3 Å². The van der Waals surface area contributed by atoms with E-state index in [4.69, 9.17) is 0 Å². The Morgan fingerprint density at radius 3 is 2.71 bits per heavy atom. The lowest BCUT2D eigenvalue weighted by molar-refractivity contribution is 0.0777. The number of nitrogens with zero attached hydrogens (tertiary/aromatic N) is 1. The molecule has 1 atom stereocenters. The lowest BCUT2D eigenvalue weighted by atomic mass is 9.80. The summed E-state index contributed by atoms with van der Waals surface area (Å²) in [5, 5.41) is 1.93. The molecule has 1 fully saturated rings. The van der Waals surface area contributed by atoms with Crippen molar-refractivity contribution in [2.45, 2.75) is 27.2 Å². The topological polar surface area (TPSA) is 20.3 Å². The molecular formula is C13H18BrNOS. The van der Waals surface area contributed by atoms with Crippen LogP contribution in [0.2, 0.25) is 0 Å². The number of rotatable bonds is 1. The van der Waals surface area contributed by atoms with Gasteiger partial charge < -0.3 is 4.90 Å². The molecular weight excluding hydrogens is 298 g/mol. The monoisotopic (exact) mass is 315 g/mol. The van der Waals surface area contributed by atoms with Crippen LogP contribution in [-0.2, 0) is 0 Å². The van der Waals surface area contributed by atoms with E-state index < -0.39 is 0 Å². The molecule has 0 spiro atoms. The quantitative estimate of drug-likeness (QED) is 0.766. The van der Waals surface area contributed by atoms with E-state index in [1.54, 1.807) is 11.3 Å². The molecule has 1 amide bonds. The van der Waals surface area contributed by atoms with Crippen LogP contribution < -0.4 is 0 Å². The van der Waals surface area contributed by atoms with Crippen molar-refractivity contribution in [3.05, 3.63) is 20.8 Å². The number of carbonyl (C=O) groups is 1. The third kappa shape index (κ3) is 2.91. The van der Waals surface area contributed by atoms with Gasteiger partial charge in [0.15, 0.2) is 0 Å². The van der Waals surface area contributed by atoms with Gasteiger partial charge in [-0.3, -0.25) is 4.79 Å². The van der Waals surface area contributed by atoms with E-state index >= 15 is 0 Å². The van der Waals surface area contributed by atoms with Crippen molar-refractivity contribution < 1.29 is 4.79 Å². The van der Waals surface area contributed by atoms with Gasteiger partial charge in [0.05, 0.1) is 9.35 Å². The summed E-state index contributed by atoms with van der Waals surface area (Å²) in [5.74, 6) is 0.798. The Morgan fingerprint density at radius 2 is 2.24 bits per heavy atom. The fourth-order valence-electron chi connectivity index (χ4n) is 2.26. The first-order chi connectivity index (χ1) is 7.88. The first-order valence-electron chi connectivity index (χ1n) is 5.91. The molecule has 0 bridgehead atoms. The van der Waals surface area contributed by atoms with Crippen molar-refractivity contribution in [3.63, 3.8) is 0 Å². The Labute approximate surface area is 115 Å². The van der Waals surface area contributed by atoms with E-state index in [0.717, 1.165) is 28.9 Å². The van der Waals surface area contributed by atoms with Crippen LogP contribution >= 0.6 is 27.3 Å². The fourth-order valence-corrected chi connectivity index (χ4v) is 3.39. The number of halogens is 1. The smallest absolute Gasteiger partial charge is 0.254 e. The van der Waals surface area contributed by atoms with Crippen LogP contribution in [0.15, 0.2) is 15.2 Å². The van der Waals surface area contributed by atoms with Crippen LogP contribution in [-0.4, -0.2) is 23.9 Å². The molecule has 2 nitrogen and oxygen atoms in total. The second kappa shape index (κ2) is 4.73. The highest BCUT2D eigenvalue weighted by Crippen LogP contribution is 2.34. The summed E-state index contributed by atoms with van der Waals surface area (Å²) in [6, 6.07) is 1.91. The lowest BCUT2D eigenvalue weighted by Crippen LogP contribution is -2.30. The molecule has 2 rings (SSSR count). The first-order valence-corrected chi connectivity index (χ1v) is 7.58. The van der Waals surface area contributed by atoms with E-state index in [1.165, 1.54) is 0 Å². The molecule has 1 unspecified atom stereocenters. The van der Waals surface area contributed by atoms with Gasteiger partial charge >= 0.3 is 0 Å². The summed E-state index contributed by atoms with van der Waals surface area (Å²) in [4.78, 5) is 14.2. The summed E-state index contributed by atoms with van der Waals surface area (Å²) >= 11 is 4.97. The largest absolute Gasteiger partial charge is 0.338 e. The molecule has 17 heavy (non-hydrogen) atoms. The third-order valence-corrected chi connectivity index (χ3v) is 5.02. The summed E-state index contributed by atoms with van der Waals surface area (Å²) < 4.78 is 1.02. The van der Waals surface area contributed by atoms with Crippen LogP contribution in [0.3, 0.4) is 0 Å². The molecule has 1 aromatic heterocycles. The van der Waals surface area contributed by atoms with E-state index in [1.807, 2.05) is 16.3 Å². The molecule has 0 saturated carbocycles. The zero-order valence-electron chi connectivity index (χ0n) is 10.5. The predicted octanol–water partition coefficient (Wildman–Crippen LogP) is 4.02. The molecule has 1 saturated heterocycles. The average molecular weight is 316 g/mol. The van der Waals surface area contributed by atoms with Crippen molar-refractivity contribution in [3.8, 4) is 0 Å². The van der Waals surface area contributed by atoms with Crippen molar-refractivity contribution in [2.75, 3.05) is 13.1 Å². The number of thiophene rings is 1. The maximum absolute atomic E-state index is 12.2. The third-order valence-electron chi connectivity index (χ3n) is 3.51. The molecule has 0 N–H and O–H groups in total. The summed E-state index contributed by atoms with van der Waals surface area (Å²) in [6.45, 7) is 8.57. The van der Waals surface area contributed by atoms with Gasteiger partial charge in [-0.2, -0.15) is 0 Å². The highest BCUT2D eigenvalue weighted by Gasteiger charge is 2.34. The number of amides is 1. The standard InChI is InChI=1S/C13H18BrNOS/c1-13(2,3)10-4-5-15(7-10)12(16)9-6-11(14)17-8-9/h6,8,10H,4-5,7H2,1-3H3. The predicted molar refractivity (Wildman–Crippen MR) is 75.5 cm³/mol. The molecule has 1 aliphatic rings. The number of likely N-dealkylation sites (tertiary alicyclic amines) is 1. The average Bonchev–Trinajstić information content (AvgIpc) is 2.83. The zero-order chi connectivity index (χ0) is 12.6. The van der Waals surface area contributed by atoms with E-state index in [9.17, 15) is 4.79 Å². The second-order valence-electron chi connectivity index (χ2n) is 5.74. The van der Waals surface area contributed by atoms with Gasteiger partial charge in [-0.15, -0.1) is 11.3 Å². The Bertz CT molecular complexity index is 421. The molecule has 0 aliphatic carbocycles. The van der Waals surface area contributed by atoms with Gasteiger partial charge in [-0.1, -0.05) is 20.8 Å². The van der Waals surface area contributed by atoms with Crippen molar-refractivity contribution in [1.29, 1.82) is 0 Å². The van der Waals surface area contributed by atoms with Crippen LogP contribution in [0.25, 0.3) is 0 Å². The van der Waals surface area contributed by atoms with Gasteiger partial charge in [-0.05, 0) is 39.8 Å². The SMILES string of the molecule is CC(C)(C)C1CCN(C(=O)c2csc(Br)c2)C1. The van der Waals surface area contributed by atoms with E-state index in [0.29, 0.717) is 11.3 Å². The highest BCUT2D eigenvalue weighted by atomic mass is 79.9. The van der Waals surface area contributed by atoms with Crippen molar-refractivity contribution >= 4 is 33.2 Å². The molecule has 94 valence electrons. The Balaban J connectivity index is 2.04. The minimum absolute atomic E-state index is 0.179. The zero-order valence-corrected chi connectivity index (χ0v) is 12.9. The first kappa shape index (κ1) is 13.1. The van der Waals surface area contributed by atoms with Crippen LogP contribution in [0.5, 0.6) is 0 Å². The summed E-state index contributed by atoms with van der Waals surface area (Å²) in [5.41, 5.74) is 1.11. The van der Waals surface area contributed by atoms with Gasteiger partial charge in [0, 0.05) is 18.5 Å². The second-order valence-corrected chi connectivity index (χ2v) is 8.03. The molecule has 1 aliphatic heterocycles. The lowest BCUT2D eigenvalue weighted by Gasteiger charge is -2.26. The maximum Gasteiger partial charge on any atom is 0.254 e. The number of carbonyl (C=O) groups excluding carboxylic acids is 1. The van der Waals surface area contributed by atoms with Gasteiger partial charge in [0.2, 0.25) is 0 Å². The van der Waals surface area contributed by atoms with Crippen LogP contribution in [0.1, 0.15) is 37.6 Å². The minimum Gasteiger partial charge on any atom is -0.338 e. The fraction of sp³-hybridized carbons (Fsp3) is 0.615. The van der Waals surface area contributed by atoms with Gasteiger partial charge in [0.25, 0.3) is 5.91 Å². The highest BCUT2D eigenvalue weighted by molar-refractivity contribution is 9.11. The van der Waals surface area contributed by atoms with Crippen LogP contribution in [0, 0.1) is 11.3 Å². The van der Waals surface area contributed by atoms with Gasteiger partial charge in [0.1, 0.15) is 0 Å². The van der Waals surface area contributed by atoms with Crippen LogP contribution in [0.4, 0.5) is 0 Å². The summed E-state index contributed by atoms with van der Waals surface area (Å²) in [7, 11) is 0. The summed E-state index contributed by atoms with van der Waals surface area (Å²) in [6.07, 6.45) is 1.13. The molecule has 0 radical (unpaired) electrons. The Hall–Kier alpha value is -0.350. The molecule has 2 heterocycles. The number of hydrogen-bond donors (Lipinski definition) is 0. The van der Waals surface area contributed by atoms with Gasteiger partial charge in [-0.25, -0.2) is 0 Å². The molecule has 0 aromatic carbocycles. The van der Waals surface area contributed by atoms with E-state index in [2.05, 4.69) is 36.7 Å². The molecule has 1 aromatic rings. The Kier molecular flexibility index (Phi) is 3.64. The normalized spacial score (nSPS) is 20.9. The van der Waals surface area contributed by atoms with E-state index in [-0.39, 0.29) is 5.91 Å².